The van der Waals surface area contributed by atoms with Crippen LogP contribution in [0.3, 0.4) is 0 Å². The van der Waals surface area contributed by atoms with Crippen molar-refractivity contribution in [1.82, 2.24) is 15.1 Å². The van der Waals surface area contributed by atoms with Crippen molar-refractivity contribution in [3.8, 4) is 0 Å². The number of rotatable bonds is 11. The van der Waals surface area contributed by atoms with Gasteiger partial charge in [-0.1, -0.05) is 80.6 Å². The average Bonchev–Trinajstić information content (AvgIpc) is 3.01. The normalized spacial score (nSPS) is 16.8. The van der Waals surface area contributed by atoms with Gasteiger partial charge in [0.15, 0.2) is 0 Å². The highest BCUT2D eigenvalue weighted by molar-refractivity contribution is 6.09. The second kappa shape index (κ2) is 12.1. The van der Waals surface area contributed by atoms with E-state index in [0.29, 0.717) is 0 Å². The first-order valence-electron chi connectivity index (χ1n) is 12.9. The molecule has 0 aromatic heterocycles. The molecular formula is C30H37N3O5. The Bertz CT molecular complexity index is 1190. The first-order chi connectivity index (χ1) is 17.9. The molecule has 38 heavy (non-hydrogen) atoms. The van der Waals surface area contributed by atoms with Gasteiger partial charge in [-0.25, -0.2) is 9.69 Å². The van der Waals surface area contributed by atoms with E-state index in [2.05, 4.69) is 5.32 Å². The molecule has 0 aliphatic carbocycles. The standard InChI is InChI=1S/C30H37N3O5/c1-20(2)17-25(27(36)31-21(3)18-26(34)35)33-28(37)30(4,5)32(29(33)38)19-24-15-13-23(14-16-24)12-11-22-9-7-6-8-10-22/h6-16,20-21,25H,17-19H2,1-5H3,(H,31,36)(H,34,35)/b12-11+. The zero-order valence-electron chi connectivity index (χ0n) is 22.7. The number of carboxylic acid groups (broad SMARTS) is 1. The fraction of sp³-hybridized carbons (Fsp3) is 0.400. The van der Waals surface area contributed by atoms with Crippen molar-refractivity contribution in [2.45, 2.75) is 71.6 Å². The monoisotopic (exact) mass is 519 g/mol. The third-order valence-corrected chi connectivity index (χ3v) is 6.62. The third kappa shape index (κ3) is 6.88. The van der Waals surface area contributed by atoms with Crippen LogP contribution in [0.5, 0.6) is 0 Å². The van der Waals surface area contributed by atoms with Crippen LogP contribution in [0.2, 0.25) is 0 Å². The van der Waals surface area contributed by atoms with Crippen molar-refractivity contribution >= 4 is 36.0 Å². The van der Waals surface area contributed by atoms with Gasteiger partial charge in [-0.15, -0.1) is 0 Å². The lowest BCUT2D eigenvalue weighted by Crippen LogP contribution is -2.53. The summed E-state index contributed by atoms with van der Waals surface area (Å²) in [6, 6.07) is 15.5. The van der Waals surface area contributed by atoms with E-state index >= 15 is 0 Å². The van der Waals surface area contributed by atoms with Gasteiger partial charge in [0, 0.05) is 12.6 Å². The van der Waals surface area contributed by atoms with E-state index in [1.165, 1.54) is 4.90 Å². The topological polar surface area (TPSA) is 107 Å². The van der Waals surface area contributed by atoms with Crippen LogP contribution < -0.4 is 5.32 Å². The molecule has 2 aromatic rings. The minimum Gasteiger partial charge on any atom is -0.481 e. The number of carboxylic acids is 1. The summed E-state index contributed by atoms with van der Waals surface area (Å²) in [6.07, 6.45) is 4.05. The number of urea groups is 1. The summed E-state index contributed by atoms with van der Waals surface area (Å²) in [5.74, 6) is -1.99. The van der Waals surface area contributed by atoms with Crippen molar-refractivity contribution in [3.63, 3.8) is 0 Å². The number of benzene rings is 2. The number of nitrogens with zero attached hydrogens (tertiary/aromatic N) is 2. The molecule has 4 amide bonds. The molecule has 202 valence electrons. The van der Waals surface area contributed by atoms with Gasteiger partial charge in [-0.05, 0) is 49.8 Å². The van der Waals surface area contributed by atoms with Crippen LogP contribution in [0.15, 0.2) is 54.6 Å². The Morgan fingerprint density at radius 1 is 0.947 bits per heavy atom. The van der Waals surface area contributed by atoms with Crippen LogP contribution in [-0.4, -0.2) is 56.3 Å². The Morgan fingerprint density at radius 3 is 2.08 bits per heavy atom. The molecule has 2 atom stereocenters. The molecule has 0 spiro atoms. The minimum absolute atomic E-state index is 0.0229. The Kier molecular flexibility index (Phi) is 9.09. The molecule has 8 heteroatoms. The Labute approximate surface area is 224 Å². The van der Waals surface area contributed by atoms with Crippen molar-refractivity contribution in [3.05, 3.63) is 71.3 Å². The van der Waals surface area contributed by atoms with Crippen molar-refractivity contribution < 1.29 is 24.3 Å². The number of aliphatic carboxylic acids is 1. The molecule has 1 heterocycles. The molecular weight excluding hydrogens is 482 g/mol. The van der Waals surface area contributed by atoms with Crippen molar-refractivity contribution in [2.24, 2.45) is 5.92 Å². The Morgan fingerprint density at radius 2 is 1.53 bits per heavy atom. The van der Waals surface area contributed by atoms with Crippen LogP contribution in [0.1, 0.15) is 64.2 Å². The van der Waals surface area contributed by atoms with Gasteiger partial charge in [0.05, 0.1) is 6.42 Å². The Balaban J connectivity index is 1.78. The van der Waals surface area contributed by atoms with E-state index in [1.54, 1.807) is 20.8 Å². The molecule has 2 unspecified atom stereocenters. The van der Waals surface area contributed by atoms with Crippen molar-refractivity contribution in [2.75, 3.05) is 0 Å². The van der Waals surface area contributed by atoms with Gasteiger partial charge in [0.2, 0.25) is 5.91 Å². The molecule has 0 saturated carbocycles. The summed E-state index contributed by atoms with van der Waals surface area (Å²) >= 11 is 0. The SMILES string of the molecule is CC(C)CC(C(=O)NC(C)CC(=O)O)N1C(=O)N(Cc2ccc(/C=C/c3ccccc3)cc2)C(C)(C)C1=O. The van der Waals surface area contributed by atoms with Gasteiger partial charge in [0.1, 0.15) is 11.6 Å². The molecule has 1 saturated heterocycles. The summed E-state index contributed by atoms with van der Waals surface area (Å²) in [5.41, 5.74) is 1.81. The number of nitrogens with one attached hydrogen (secondary N) is 1. The quantitative estimate of drug-likeness (QED) is 0.328. The fourth-order valence-corrected chi connectivity index (χ4v) is 4.51. The lowest BCUT2D eigenvalue weighted by atomic mass is 9.99. The zero-order valence-corrected chi connectivity index (χ0v) is 22.7. The maximum absolute atomic E-state index is 13.6. The largest absolute Gasteiger partial charge is 0.481 e. The van der Waals surface area contributed by atoms with Gasteiger partial charge in [-0.3, -0.25) is 14.4 Å². The summed E-state index contributed by atoms with van der Waals surface area (Å²) in [7, 11) is 0. The summed E-state index contributed by atoms with van der Waals surface area (Å²) in [4.78, 5) is 53.8. The maximum Gasteiger partial charge on any atom is 0.328 e. The number of carbonyl (C=O) groups is 4. The highest BCUT2D eigenvalue weighted by Crippen LogP contribution is 2.32. The number of imide groups is 1. The molecule has 1 aliphatic heterocycles. The van der Waals surface area contributed by atoms with Crippen LogP contribution in [0.25, 0.3) is 12.2 Å². The fourth-order valence-electron chi connectivity index (χ4n) is 4.51. The highest BCUT2D eigenvalue weighted by Gasteiger charge is 2.54. The Hall–Kier alpha value is -3.94. The van der Waals surface area contributed by atoms with E-state index in [4.69, 9.17) is 5.11 Å². The molecule has 0 radical (unpaired) electrons. The molecule has 8 nitrogen and oxygen atoms in total. The van der Waals surface area contributed by atoms with E-state index in [-0.39, 0.29) is 25.3 Å². The van der Waals surface area contributed by atoms with Gasteiger partial charge in [-0.2, -0.15) is 0 Å². The molecule has 1 fully saturated rings. The number of hydrogen-bond donors (Lipinski definition) is 2. The van der Waals surface area contributed by atoms with Crippen molar-refractivity contribution in [1.29, 1.82) is 0 Å². The first-order valence-corrected chi connectivity index (χ1v) is 12.9. The molecule has 3 rings (SSSR count). The molecule has 1 aliphatic rings. The predicted octanol–water partition coefficient (Wildman–Crippen LogP) is 4.79. The third-order valence-electron chi connectivity index (χ3n) is 6.62. The number of amides is 4. The molecule has 2 N–H and O–H groups in total. The van der Waals surface area contributed by atoms with E-state index in [9.17, 15) is 19.2 Å². The predicted molar refractivity (Wildman–Crippen MR) is 147 cm³/mol. The lowest BCUT2D eigenvalue weighted by Gasteiger charge is -2.28. The number of carbonyl (C=O) groups excluding carboxylic acids is 3. The second-order valence-electron chi connectivity index (χ2n) is 10.7. The highest BCUT2D eigenvalue weighted by atomic mass is 16.4. The van der Waals surface area contributed by atoms with Crippen LogP contribution in [-0.2, 0) is 20.9 Å². The maximum atomic E-state index is 13.6. The van der Waals surface area contributed by atoms with E-state index in [1.807, 2.05) is 80.6 Å². The summed E-state index contributed by atoms with van der Waals surface area (Å²) in [6.45, 7) is 8.97. The molecule has 0 bridgehead atoms. The van der Waals surface area contributed by atoms with Crippen LogP contribution in [0, 0.1) is 5.92 Å². The van der Waals surface area contributed by atoms with Crippen LogP contribution >= 0.6 is 0 Å². The van der Waals surface area contributed by atoms with Gasteiger partial charge >= 0.3 is 12.0 Å². The second-order valence-corrected chi connectivity index (χ2v) is 10.7. The summed E-state index contributed by atoms with van der Waals surface area (Å²) < 4.78 is 0. The molecule has 2 aromatic carbocycles. The summed E-state index contributed by atoms with van der Waals surface area (Å²) in [5, 5.41) is 11.7. The first kappa shape index (κ1) is 28.6. The van der Waals surface area contributed by atoms with Gasteiger partial charge in [0.25, 0.3) is 5.91 Å². The lowest BCUT2D eigenvalue weighted by molar-refractivity contribution is -0.140. The van der Waals surface area contributed by atoms with E-state index in [0.717, 1.165) is 21.6 Å². The smallest absolute Gasteiger partial charge is 0.328 e. The van der Waals surface area contributed by atoms with Crippen LogP contribution in [0.4, 0.5) is 4.79 Å². The van der Waals surface area contributed by atoms with Gasteiger partial charge < -0.3 is 15.3 Å². The average molecular weight is 520 g/mol. The minimum atomic E-state index is -1.15. The number of hydrogen-bond acceptors (Lipinski definition) is 4. The zero-order chi connectivity index (χ0) is 28.0. The van der Waals surface area contributed by atoms with E-state index < -0.39 is 41.4 Å².